The number of hydrogen-bond donors (Lipinski definition) is 1. The van der Waals surface area contributed by atoms with Crippen LogP contribution in [0.15, 0.2) is 0 Å². The zero-order chi connectivity index (χ0) is 15.8. The van der Waals surface area contributed by atoms with Gasteiger partial charge in [0.25, 0.3) is 0 Å². The topological polar surface area (TPSA) is 70.1 Å². The van der Waals surface area contributed by atoms with Gasteiger partial charge in [0.2, 0.25) is 0 Å². The number of carbonyl (C=O) groups is 2. The molecule has 2 saturated heterocycles. The summed E-state index contributed by atoms with van der Waals surface area (Å²) in [4.78, 5) is 27.5. The zero-order valence-corrected chi connectivity index (χ0v) is 13.3. The monoisotopic (exact) mass is 298 g/mol. The number of carboxylic acids is 1. The summed E-state index contributed by atoms with van der Waals surface area (Å²) in [6.07, 6.45) is 1.35. The molecule has 120 valence electrons. The van der Waals surface area contributed by atoms with Crippen LogP contribution in [0.2, 0.25) is 0 Å². The largest absolute Gasteiger partial charge is 0.480 e. The number of amides is 2. The minimum absolute atomic E-state index is 0.0373. The summed E-state index contributed by atoms with van der Waals surface area (Å²) in [5.41, 5.74) is -0.394. The Morgan fingerprint density at radius 2 is 1.95 bits per heavy atom. The summed E-state index contributed by atoms with van der Waals surface area (Å²) >= 11 is 0. The Kier molecular flexibility index (Phi) is 4.46. The predicted octanol–water partition coefficient (Wildman–Crippen LogP) is 1.79. The summed E-state index contributed by atoms with van der Waals surface area (Å²) in [5, 5.41) is 9.39. The molecule has 0 aromatic rings. The molecule has 2 aliphatic rings. The van der Waals surface area contributed by atoms with E-state index in [4.69, 9.17) is 4.74 Å². The highest BCUT2D eigenvalue weighted by Gasteiger charge is 2.40. The normalized spacial score (nSPS) is 32.9. The lowest BCUT2D eigenvalue weighted by Gasteiger charge is -2.45. The van der Waals surface area contributed by atoms with Crippen LogP contribution in [0.25, 0.3) is 0 Å². The fraction of sp³-hybridized carbons (Fsp3) is 0.867. The van der Waals surface area contributed by atoms with E-state index >= 15 is 0 Å². The molecule has 6 heteroatoms. The van der Waals surface area contributed by atoms with E-state index < -0.39 is 17.6 Å². The highest BCUT2D eigenvalue weighted by atomic mass is 16.5. The lowest BCUT2D eigenvalue weighted by Crippen LogP contribution is -2.60. The predicted molar refractivity (Wildman–Crippen MR) is 78.1 cm³/mol. The molecule has 2 aliphatic heterocycles. The number of piperidine rings is 1. The van der Waals surface area contributed by atoms with Crippen molar-refractivity contribution in [1.29, 1.82) is 0 Å². The van der Waals surface area contributed by atoms with Gasteiger partial charge in [-0.15, -0.1) is 0 Å². The van der Waals surface area contributed by atoms with Crippen molar-refractivity contribution >= 4 is 12.0 Å². The van der Waals surface area contributed by atoms with Crippen molar-refractivity contribution in [2.75, 3.05) is 19.6 Å². The fourth-order valence-corrected chi connectivity index (χ4v) is 3.39. The van der Waals surface area contributed by atoms with E-state index in [1.54, 1.807) is 4.90 Å². The Balaban J connectivity index is 2.12. The third-order valence-electron chi connectivity index (χ3n) is 4.24. The molecule has 2 heterocycles. The molecule has 0 radical (unpaired) electrons. The summed E-state index contributed by atoms with van der Waals surface area (Å²) in [5.74, 6) is -0.564. The van der Waals surface area contributed by atoms with Crippen molar-refractivity contribution in [2.24, 2.45) is 5.92 Å². The Bertz CT molecular complexity index is 424. The van der Waals surface area contributed by atoms with Crippen LogP contribution in [-0.2, 0) is 9.53 Å². The van der Waals surface area contributed by atoms with Gasteiger partial charge in [0.05, 0.1) is 18.2 Å². The number of carbonyl (C=O) groups excluding carboxylic acids is 1. The number of hydrogen-bond acceptors (Lipinski definition) is 3. The molecule has 21 heavy (non-hydrogen) atoms. The Morgan fingerprint density at radius 3 is 2.52 bits per heavy atom. The molecule has 1 N–H and O–H groups in total. The van der Waals surface area contributed by atoms with Gasteiger partial charge in [-0.05, 0) is 39.5 Å². The van der Waals surface area contributed by atoms with E-state index in [0.717, 1.165) is 6.42 Å². The third kappa shape index (κ3) is 3.67. The second-order valence-corrected chi connectivity index (χ2v) is 7.03. The van der Waals surface area contributed by atoms with Crippen molar-refractivity contribution in [2.45, 2.75) is 58.3 Å². The van der Waals surface area contributed by atoms with E-state index in [0.29, 0.717) is 32.0 Å². The molecular weight excluding hydrogens is 272 g/mol. The number of morpholine rings is 1. The lowest BCUT2D eigenvalue weighted by molar-refractivity contribution is -0.145. The van der Waals surface area contributed by atoms with Crippen molar-refractivity contribution < 1.29 is 19.4 Å². The fourth-order valence-electron chi connectivity index (χ4n) is 3.39. The summed E-state index contributed by atoms with van der Waals surface area (Å²) < 4.78 is 5.80. The Labute approximate surface area is 126 Å². The standard InChI is InChI=1S/C15H26N2O4/c1-10-5-6-17(12(7-10)13(18)19)14(20)16-8-11(2)21-15(3,4)9-16/h10-12H,5-9H2,1-4H3,(H,18,19). The number of rotatable bonds is 1. The van der Waals surface area contributed by atoms with Gasteiger partial charge in [0, 0.05) is 13.1 Å². The average molecular weight is 298 g/mol. The van der Waals surface area contributed by atoms with Crippen LogP contribution in [-0.4, -0.2) is 64.3 Å². The minimum Gasteiger partial charge on any atom is -0.480 e. The maximum atomic E-state index is 12.7. The van der Waals surface area contributed by atoms with E-state index in [1.165, 1.54) is 4.90 Å². The van der Waals surface area contributed by atoms with Crippen LogP contribution in [0.3, 0.4) is 0 Å². The number of urea groups is 1. The molecule has 0 saturated carbocycles. The van der Waals surface area contributed by atoms with Crippen molar-refractivity contribution in [1.82, 2.24) is 9.80 Å². The van der Waals surface area contributed by atoms with Gasteiger partial charge in [-0.1, -0.05) is 6.92 Å². The SMILES string of the molecule is CC1CCN(C(=O)N2CC(C)OC(C)(C)C2)C(C(=O)O)C1. The van der Waals surface area contributed by atoms with Gasteiger partial charge in [-0.2, -0.15) is 0 Å². The first-order chi connectivity index (χ1) is 9.69. The number of aliphatic carboxylic acids is 1. The van der Waals surface area contributed by atoms with E-state index in [9.17, 15) is 14.7 Å². The molecule has 2 rings (SSSR count). The molecule has 0 aliphatic carbocycles. The van der Waals surface area contributed by atoms with Crippen molar-refractivity contribution in [3.8, 4) is 0 Å². The molecule has 0 aromatic heterocycles. The van der Waals surface area contributed by atoms with E-state index in [2.05, 4.69) is 0 Å². The van der Waals surface area contributed by atoms with E-state index in [1.807, 2.05) is 27.7 Å². The van der Waals surface area contributed by atoms with Gasteiger partial charge < -0.3 is 19.6 Å². The maximum Gasteiger partial charge on any atom is 0.326 e. The van der Waals surface area contributed by atoms with Gasteiger partial charge >= 0.3 is 12.0 Å². The summed E-state index contributed by atoms with van der Waals surface area (Å²) in [6.45, 7) is 9.41. The number of nitrogens with zero attached hydrogens (tertiary/aromatic N) is 2. The quantitative estimate of drug-likeness (QED) is 0.801. The molecule has 0 bridgehead atoms. The third-order valence-corrected chi connectivity index (χ3v) is 4.24. The number of likely N-dealkylation sites (tertiary alicyclic amines) is 1. The van der Waals surface area contributed by atoms with Crippen LogP contribution in [0.4, 0.5) is 4.79 Å². The van der Waals surface area contributed by atoms with Crippen LogP contribution in [0.1, 0.15) is 40.5 Å². The van der Waals surface area contributed by atoms with Gasteiger partial charge in [0.15, 0.2) is 0 Å². The van der Waals surface area contributed by atoms with Crippen molar-refractivity contribution in [3.63, 3.8) is 0 Å². The highest BCUT2D eigenvalue weighted by Crippen LogP contribution is 2.27. The van der Waals surface area contributed by atoms with Crippen LogP contribution in [0.5, 0.6) is 0 Å². The molecule has 6 nitrogen and oxygen atoms in total. The first kappa shape index (κ1) is 16.1. The van der Waals surface area contributed by atoms with E-state index in [-0.39, 0.29) is 12.1 Å². The first-order valence-corrected chi connectivity index (χ1v) is 7.66. The van der Waals surface area contributed by atoms with Gasteiger partial charge in [-0.25, -0.2) is 9.59 Å². The van der Waals surface area contributed by atoms with Gasteiger partial charge in [0.1, 0.15) is 6.04 Å². The summed E-state index contributed by atoms with van der Waals surface area (Å²) in [7, 11) is 0. The first-order valence-electron chi connectivity index (χ1n) is 7.66. The van der Waals surface area contributed by atoms with Crippen LogP contribution in [0, 0.1) is 5.92 Å². The minimum atomic E-state index is -0.907. The molecule has 2 amide bonds. The molecule has 3 unspecified atom stereocenters. The average Bonchev–Trinajstić information content (AvgIpc) is 2.35. The second kappa shape index (κ2) is 5.83. The smallest absolute Gasteiger partial charge is 0.326 e. The number of carboxylic acid groups (broad SMARTS) is 1. The molecular formula is C15H26N2O4. The molecule has 0 aromatic carbocycles. The number of ether oxygens (including phenoxy) is 1. The van der Waals surface area contributed by atoms with Gasteiger partial charge in [-0.3, -0.25) is 0 Å². The Hall–Kier alpha value is -1.30. The highest BCUT2D eigenvalue weighted by molar-refractivity contribution is 5.83. The maximum absolute atomic E-state index is 12.7. The van der Waals surface area contributed by atoms with Crippen LogP contribution < -0.4 is 0 Å². The Morgan fingerprint density at radius 1 is 1.29 bits per heavy atom. The van der Waals surface area contributed by atoms with Crippen LogP contribution >= 0.6 is 0 Å². The second-order valence-electron chi connectivity index (χ2n) is 7.03. The van der Waals surface area contributed by atoms with Crippen molar-refractivity contribution in [3.05, 3.63) is 0 Å². The molecule has 0 spiro atoms. The lowest BCUT2D eigenvalue weighted by atomic mass is 9.92. The summed E-state index contributed by atoms with van der Waals surface area (Å²) in [6, 6.07) is -0.875. The molecule has 3 atom stereocenters. The molecule has 2 fully saturated rings. The zero-order valence-electron chi connectivity index (χ0n) is 13.3.